The molecule has 108 valence electrons. The van der Waals surface area contributed by atoms with E-state index < -0.39 is 10.0 Å². The number of rotatable bonds is 8. The van der Waals surface area contributed by atoms with Crippen LogP contribution >= 0.6 is 0 Å². The summed E-state index contributed by atoms with van der Waals surface area (Å²) in [5, 5.41) is 0. The maximum atomic E-state index is 12.0. The van der Waals surface area contributed by atoms with Crippen LogP contribution in [0.1, 0.15) is 26.7 Å². The highest BCUT2D eigenvalue weighted by Gasteiger charge is 2.13. The van der Waals surface area contributed by atoms with E-state index in [9.17, 15) is 8.42 Å². The van der Waals surface area contributed by atoms with Crippen LogP contribution in [0.5, 0.6) is 0 Å². The number of hydrogen-bond acceptors (Lipinski definition) is 3. The lowest BCUT2D eigenvalue weighted by atomic mass is 10.2. The second-order valence-electron chi connectivity index (χ2n) is 4.83. The molecule has 1 N–H and O–H groups in total. The molecule has 0 spiro atoms. The Morgan fingerprint density at radius 3 is 2.47 bits per heavy atom. The molecule has 4 nitrogen and oxygen atoms in total. The minimum atomic E-state index is -3.37. The Kier molecular flexibility index (Phi) is 6.48. The monoisotopic (exact) mass is 284 g/mol. The molecule has 1 aromatic rings. The minimum Gasteiger partial charge on any atom is -0.302 e. The first-order valence-corrected chi connectivity index (χ1v) is 8.20. The fourth-order valence-corrected chi connectivity index (χ4v) is 2.94. The summed E-state index contributed by atoms with van der Waals surface area (Å²) in [6.45, 7) is 5.46. The molecular weight excluding hydrogens is 260 g/mol. The van der Waals surface area contributed by atoms with Crippen LogP contribution in [0.15, 0.2) is 35.2 Å². The molecule has 0 heterocycles. The van der Waals surface area contributed by atoms with Crippen LogP contribution in [0.2, 0.25) is 0 Å². The maximum absolute atomic E-state index is 12.0. The third kappa shape index (κ3) is 5.30. The summed E-state index contributed by atoms with van der Waals surface area (Å²) < 4.78 is 26.6. The van der Waals surface area contributed by atoms with Crippen molar-refractivity contribution in [1.29, 1.82) is 0 Å². The van der Waals surface area contributed by atoms with E-state index in [0.717, 1.165) is 12.8 Å². The van der Waals surface area contributed by atoms with Crippen LogP contribution in [-0.4, -0.2) is 39.5 Å². The maximum Gasteiger partial charge on any atom is 0.240 e. The molecule has 0 fully saturated rings. The quantitative estimate of drug-likeness (QED) is 0.795. The third-order valence-corrected chi connectivity index (χ3v) is 4.75. The Morgan fingerprint density at radius 1 is 1.26 bits per heavy atom. The Hall–Kier alpha value is -0.910. The number of nitrogens with one attached hydrogen (secondary N) is 1. The van der Waals surface area contributed by atoms with E-state index in [0.29, 0.717) is 24.0 Å². The molecule has 0 saturated heterocycles. The lowest BCUT2D eigenvalue weighted by Gasteiger charge is -2.24. The summed E-state index contributed by atoms with van der Waals surface area (Å²) >= 11 is 0. The lowest BCUT2D eigenvalue weighted by Crippen LogP contribution is -2.37. The van der Waals surface area contributed by atoms with Crippen molar-refractivity contribution in [3.05, 3.63) is 30.3 Å². The molecule has 0 radical (unpaired) electrons. The summed E-state index contributed by atoms with van der Waals surface area (Å²) in [6, 6.07) is 8.94. The zero-order valence-corrected chi connectivity index (χ0v) is 12.8. The average Bonchev–Trinajstić information content (AvgIpc) is 2.39. The number of hydrogen-bond donors (Lipinski definition) is 1. The molecule has 0 amide bonds. The normalized spacial score (nSPS) is 13.7. The zero-order valence-electron chi connectivity index (χ0n) is 12.0. The van der Waals surface area contributed by atoms with Gasteiger partial charge < -0.3 is 4.90 Å². The van der Waals surface area contributed by atoms with Crippen molar-refractivity contribution in [1.82, 2.24) is 9.62 Å². The van der Waals surface area contributed by atoms with Crippen LogP contribution in [0.3, 0.4) is 0 Å². The third-order valence-electron chi connectivity index (χ3n) is 3.27. The Morgan fingerprint density at radius 2 is 1.89 bits per heavy atom. The van der Waals surface area contributed by atoms with E-state index in [2.05, 4.69) is 23.5 Å². The zero-order chi connectivity index (χ0) is 14.3. The van der Waals surface area contributed by atoms with Crippen LogP contribution in [0.25, 0.3) is 0 Å². The van der Waals surface area contributed by atoms with E-state index in [1.165, 1.54) is 0 Å². The second-order valence-corrected chi connectivity index (χ2v) is 6.60. The summed E-state index contributed by atoms with van der Waals surface area (Å²) in [7, 11) is -1.35. The van der Waals surface area contributed by atoms with E-state index in [1.807, 2.05) is 7.05 Å². The first kappa shape index (κ1) is 16.1. The van der Waals surface area contributed by atoms with Crippen LogP contribution < -0.4 is 4.72 Å². The van der Waals surface area contributed by atoms with Crippen LogP contribution in [-0.2, 0) is 10.0 Å². The van der Waals surface area contributed by atoms with Crippen molar-refractivity contribution in [3.8, 4) is 0 Å². The molecule has 1 unspecified atom stereocenters. The number of benzene rings is 1. The molecule has 1 atom stereocenters. The summed E-state index contributed by atoms with van der Waals surface area (Å²) in [5.41, 5.74) is 0. The van der Waals surface area contributed by atoms with Gasteiger partial charge in [-0.3, -0.25) is 0 Å². The SMILES string of the molecule is CCCC(C)N(C)CCNS(=O)(=O)c1ccccc1. The predicted octanol–water partition coefficient (Wildman–Crippen LogP) is 2.09. The fraction of sp³-hybridized carbons (Fsp3) is 0.571. The summed E-state index contributed by atoms with van der Waals surface area (Å²) in [6.07, 6.45) is 2.27. The Labute approximate surface area is 116 Å². The molecule has 0 aliphatic heterocycles. The first-order chi connectivity index (χ1) is 8.97. The van der Waals surface area contributed by atoms with Crippen LogP contribution in [0, 0.1) is 0 Å². The Bertz CT molecular complexity index is 460. The van der Waals surface area contributed by atoms with Gasteiger partial charge in [-0.1, -0.05) is 31.5 Å². The second kappa shape index (κ2) is 7.62. The standard InChI is InChI=1S/C14H24N2O2S/c1-4-8-13(2)16(3)12-11-15-19(17,18)14-9-6-5-7-10-14/h5-7,9-10,13,15H,4,8,11-12H2,1-3H3. The first-order valence-electron chi connectivity index (χ1n) is 6.72. The molecule has 0 aliphatic carbocycles. The van der Waals surface area contributed by atoms with E-state index in [-0.39, 0.29) is 0 Å². The van der Waals surface area contributed by atoms with Gasteiger partial charge in [0.25, 0.3) is 0 Å². The number of sulfonamides is 1. The molecule has 1 aromatic carbocycles. The number of nitrogens with zero attached hydrogens (tertiary/aromatic N) is 1. The molecule has 0 aliphatic rings. The van der Waals surface area contributed by atoms with Crippen molar-refractivity contribution >= 4 is 10.0 Å². The molecule has 5 heteroatoms. The van der Waals surface area contributed by atoms with Crippen molar-refractivity contribution in [2.24, 2.45) is 0 Å². The highest BCUT2D eigenvalue weighted by Crippen LogP contribution is 2.07. The van der Waals surface area contributed by atoms with Gasteiger partial charge in [0.15, 0.2) is 0 Å². The van der Waals surface area contributed by atoms with Crippen LogP contribution in [0.4, 0.5) is 0 Å². The van der Waals surface area contributed by atoms with Gasteiger partial charge in [-0.2, -0.15) is 0 Å². The minimum absolute atomic E-state index is 0.319. The highest BCUT2D eigenvalue weighted by molar-refractivity contribution is 7.89. The molecule has 0 saturated carbocycles. The molecule has 0 bridgehead atoms. The van der Waals surface area contributed by atoms with Gasteiger partial charge in [0.2, 0.25) is 10.0 Å². The molecule has 19 heavy (non-hydrogen) atoms. The summed E-state index contributed by atoms with van der Waals surface area (Å²) in [4.78, 5) is 2.50. The van der Waals surface area contributed by atoms with Gasteiger partial charge in [0.1, 0.15) is 0 Å². The van der Waals surface area contributed by atoms with Crippen molar-refractivity contribution < 1.29 is 8.42 Å². The largest absolute Gasteiger partial charge is 0.302 e. The van der Waals surface area contributed by atoms with E-state index in [1.54, 1.807) is 30.3 Å². The fourth-order valence-electron chi connectivity index (χ4n) is 1.90. The van der Waals surface area contributed by atoms with Crippen molar-refractivity contribution in [2.45, 2.75) is 37.6 Å². The molecular formula is C14H24N2O2S. The van der Waals surface area contributed by atoms with Gasteiger partial charge in [-0.05, 0) is 32.5 Å². The van der Waals surface area contributed by atoms with Gasteiger partial charge in [-0.25, -0.2) is 13.1 Å². The predicted molar refractivity (Wildman–Crippen MR) is 78.6 cm³/mol. The van der Waals surface area contributed by atoms with E-state index in [4.69, 9.17) is 0 Å². The summed E-state index contributed by atoms with van der Waals surface area (Å²) in [5.74, 6) is 0. The van der Waals surface area contributed by atoms with Gasteiger partial charge >= 0.3 is 0 Å². The lowest BCUT2D eigenvalue weighted by molar-refractivity contribution is 0.249. The van der Waals surface area contributed by atoms with Gasteiger partial charge in [-0.15, -0.1) is 0 Å². The van der Waals surface area contributed by atoms with E-state index >= 15 is 0 Å². The smallest absolute Gasteiger partial charge is 0.240 e. The van der Waals surface area contributed by atoms with Crippen molar-refractivity contribution in [3.63, 3.8) is 0 Å². The topological polar surface area (TPSA) is 49.4 Å². The average molecular weight is 284 g/mol. The van der Waals surface area contributed by atoms with Crippen molar-refractivity contribution in [2.75, 3.05) is 20.1 Å². The molecule has 0 aromatic heterocycles. The Balaban J connectivity index is 2.45. The van der Waals surface area contributed by atoms with Gasteiger partial charge in [0, 0.05) is 19.1 Å². The molecule has 1 rings (SSSR count). The highest BCUT2D eigenvalue weighted by atomic mass is 32.2. The van der Waals surface area contributed by atoms with Gasteiger partial charge in [0.05, 0.1) is 4.90 Å². The number of likely N-dealkylation sites (N-methyl/N-ethyl adjacent to an activating group) is 1.